The Labute approximate surface area is 82.1 Å². The normalized spacial score (nSPS) is 12.8. The monoisotopic (exact) mass is 201 g/mol. The van der Waals surface area contributed by atoms with Gasteiger partial charge in [0.15, 0.2) is 0 Å². The molecule has 0 unspecified atom stereocenters. The number of halogens is 1. The minimum absolute atomic E-state index is 0.0358. The third-order valence-electron chi connectivity index (χ3n) is 1.76. The predicted octanol–water partition coefficient (Wildman–Crippen LogP) is 1.69. The molecule has 0 aromatic heterocycles. The summed E-state index contributed by atoms with van der Waals surface area (Å²) >= 11 is 5.71. The first-order valence-electron chi connectivity index (χ1n) is 3.88. The summed E-state index contributed by atoms with van der Waals surface area (Å²) in [5.41, 5.74) is 6.34. The van der Waals surface area contributed by atoms with Gasteiger partial charge in [0, 0.05) is 12.7 Å². The highest BCUT2D eigenvalue weighted by molar-refractivity contribution is 6.32. The molecule has 1 aromatic rings. The van der Waals surface area contributed by atoms with Gasteiger partial charge < -0.3 is 15.6 Å². The van der Waals surface area contributed by atoms with E-state index in [-0.39, 0.29) is 11.8 Å². The van der Waals surface area contributed by atoms with Crippen LogP contribution in [0.5, 0.6) is 5.75 Å². The Hall–Kier alpha value is -0.770. The summed E-state index contributed by atoms with van der Waals surface area (Å²) in [7, 11) is 1.56. The number of hydrogen-bond acceptors (Lipinski definition) is 3. The Morgan fingerprint density at radius 1 is 1.62 bits per heavy atom. The van der Waals surface area contributed by atoms with Crippen LogP contribution in [0.3, 0.4) is 0 Å². The number of rotatable bonds is 3. The molecule has 72 valence electrons. The highest BCUT2D eigenvalue weighted by Crippen LogP contribution is 2.30. The van der Waals surface area contributed by atoms with Crippen molar-refractivity contribution in [2.24, 2.45) is 5.73 Å². The Balaban J connectivity index is 2.93. The second-order valence-corrected chi connectivity index (χ2v) is 3.15. The maximum Gasteiger partial charge on any atom is 0.139 e. The van der Waals surface area contributed by atoms with Gasteiger partial charge in [-0.15, -0.1) is 0 Å². The molecular formula is C9H12ClNO2. The summed E-state index contributed by atoms with van der Waals surface area (Å²) < 4.78 is 4.87. The van der Waals surface area contributed by atoms with Crippen LogP contribution in [0.4, 0.5) is 0 Å². The van der Waals surface area contributed by atoms with Crippen LogP contribution in [0.25, 0.3) is 0 Å². The van der Waals surface area contributed by atoms with E-state index in [2.05, 4.69) is 0 Å². The van der Waals surface area contributed by atoms with Gasteiger partial charge in [0.1, 0.15) is 5.75 Å². The van der Waals surface area contributed by atoms with Crippen molar-refractivity contribution >= 4 is 11.6 Å². The number of benzene rings is 1. The van der Waals surface area contributed by atoms with Gasteiger partial charge in [0.05, 0.1) is 17.7 Å². The number of para-hydroxylation sites is 1. The molecule has 1 aromatic carbocycles. The smallest absolute Gasteiger partial charge is 0.139 e. The van der Waals surface area contributed by atoms with Gasteiger partial charge in [-0.3, -0.25) is 0 Å². The topological polar surface area (TPSA) is 55.5 Å². The maximum atomic E-state index is 9.53. The van der Waals surface area contributed by atoms with Crippen molar-refractivity contribution in [3.8, 4) is 5.75 Å². The SMILES string of the molecule is COC[C@@H](N)c1cccc(Cl)c1O. The Morgan fingerprint density at radius 3 is 2.92 bits per heavy atom. The van der Waals surface area contributed by atoms with Crippen molar-refractivity contribution in [3.63, 3.8) is 0 Å². The van der Waals surface area contributed by atoms with E-state index in [4.69, 9.17) is 22.1 Å². The summed E-state index contributed by atoms with van der Waals surface area (Å²) in [4.78, 5) is 0. The lowest BCUT2D eigenvalue weighted by Crippen LogP contribution is -2.16. The first-order valence-corrected chi connectivity index (χ1v) is 4.26. The second-order valence-electron chi connectivity index (χ2n) is 2.74. The fourth-order valence-corrected chi connectivity index (χ4v) is 1.28. The average molecular weight is 202 g/mol. The lowest BCUT2D eigenvalue weighted by molar-refractivity contribution is 0.180. The van der Waals surface area contributed by atoms with Gasteiger partial charge in [-0.25, -0.2) is 0 Å². The molecule has 0 aliphatic carbocycles. The highest BCUT2D eigenvalue weighted by atomic mass is 35.5. The molecule has 13 heavy (non-hydrogen) atoms. The molecule has 0 heterocycles. The molecule has 4 heteroatoms. The van der Waals surface area contributed by atoms with Crippen LogP contribution in [0.2, 0.25) is 5.02 Å². The largest absolute Gasteiger partial charge is 0.506 e. The molecular weight excluding hydrogens is 190 g/mol. The van der Waals surface area contributed by atoms with E-state index in [1.165, 1.54) is 0 Å². The van der Waals surface area contributed by atoms with Crippen LogP contribution < -0.4 is 5.73 Å². The van der Waals surface area contributed by atoms with Crippen LogP contribution in [-0.4, -0.2) is 18.8 Å². The lowest BCUT2D eigenvalue weighted by atomic mass is 10.1. The minimum atomic E-state index is -0.344. The van der Waals surface area contributed by atoms with Crippen molar-refractivity contribution in [3.05, 3.63) is 28.8 Å². The molecule has 1 rings (SSSR count). The zero-order valence-electron chi connectivity index (χ0n) is 7.33. The van der Waals surface area contributed by atoms with Gasteiger partial charge in [-0.05, 0) is 6.07 Å². The fourth-order valence-electron chi connectivity index (χ4n) is 1.10. The van der Waals surface area contributed by atoms with E-state index >= 15 is 0 Å². The molecule has 0 bridgehead atoms. The maximum absolute atomic E-state index is 9.53. The van der Waals surface area contributed by atoms with Gasteiger partial charge in [0.25, 0.3) is 0 Å². The number of hydrogen-bond donors (Lipinski definition) is 2. The summed E-state index contributed by atoms with van der Waals surface area (Å²) in [5, 5.41) is 9.84. The van der Waals surface area contributed by atoms with E-state index in [0.29, 0.717) is 17.2 Å². The number of aromatic hydroxyl groups is 1. The third kappa shape index (κ3) is 2.34. The second kappa shape index (κ2) is 4.46. The zero-order valence-corrected chi connectivity index (χ0v) is 8.08. The molecule has 0 fully saturated rings. The van der Waals surface area contributed by atoms with Gasteiger partial charge in [-0.1, -0.05) is 23.7 Å². The molecule has 0 saturated carbocycles. The van der Waals surface area contributed by atoms with Crippen molar-refractivity contribution in [1.29, 1.82) is 0 Å². The van der Waals surface area contributed by atoms with E-state index in [1.54, 1.807) is 25.3 Å². The van der Waals surface area contributed by atoms with Gasteiger partial charge in [-0.2, -0.15) is 0 Å². The van der Waals surface area contributed by atoms with Crippen molar-refractivity contribution < 1.29 is 9.84 Å². The quantitative estimate of drug-likeness (QED) is 0.783. The molecule has 0 spiro atoms. The van der Waals surface area contributed by atoms with Crippen LogP contribution in [-0.2, 0) is 4.74 Å². The zero-order chi connectivity index (χ0) is 9.84. The first-order chi connectivity index (χ1) is 6.16. The number of methoxy groups -OCH3 is 1. The first kappa shape index (κ1) is 10.3. The third-order valence-corrected chi connectivity index (χ3v) is 2.07. The number of phenolic OH excluding ortho intramolecular Hbond substituents is 1. The van der Waals surface area contributed by atoms with Crippen molar-refractivity contribution in [1.82, 2.24) is 0 Å². The molecule has 1 atom stereocenters. The Kier molecular flexibility index (Phi) is 3.54. The summed E-state index contributed by atoms with van der Waals surface area (Å²) in [5.74, 6) is 0.0358. The number of ether oxygens (including phenoxy) is 1. The summed E-state index contributed by atoms with van der Waals surface area (Å²) in [6.45, 7) is 0.355. The summed E-state index contributed by atoms with van der Waals surface area (Å²) in [6.07, 6.45) is 0. The molecule has 0 saturated heterocycles. The van der Waals surface area contributed by atoms with Crippen LogP contribution in [0.1, 0.15) is 11.6 Å². The molecule has 0 radical (unpaired) electrons. The molecule has 0 amide bonds. The average Bonchev–Trinajstić information content (AvgIpc) is 2.10. The number of phenols is 1. The standard InChI is InChI=1S/C9H12ClNO2/c1-13-5-8(11)6-3-2-4-7(10)9(6)12/h2-4,8,12H,5,11H2,1H3/t8-/m1/s1. The lowest BCUT2D eigenvalue weighted by Gasteiger charge is -2.12. The molecule has 3 nitrogen and oxygen atoms in total. The van der Waals surface area contributed by atoms with Crippen LogP contribution in [0.15, 0.2) is 18.2 Å². The Morgan fingerprint density at radius 2 is 2.31 bits per heavy atom. The molecule has 0 aliphatic heterocycles. The predicted molar refractivity (Wildman–Crippen MR) is 51.9 cm³/mol. The van der Waals surface area contributed by atoms with Crippen molar-refractivity contribution in [2.75, 3.05) is 13.7 Å². The number of nitrogens with two attached hydrogens (primary N) is 1. The molecule has 0 aliphatic rings. The van der Waals surface area contributed by atoms with Crippen molar-refractivity contribution in [2.45, 2.75) is 6.04 Å². The highest BCUT2D eigenvalue weighted by Gasteiger charge is 2.12. The van der Waals surface area contributed by atoms with Crippen LogP contribution in [0, 0.1) is 0 Å². The molecule has 3 N–H and O–H groups in total. The Bertz CT molecular complexity index is 291. The van der Waals surface area contributed by atoms with E-state index < -0.39 is 0 Å². The van der Waals surface area contributed by atoms with E-state index in [1.807, 2.05) is 0 Å². The van der Waals surface area contributed by atoms with Crippen LogP contribution >= 0.6 is 11.6 Å². The fraction of sp³-hybridized carbons (Fsp3) is 0.333. The minimum Gasteiger partial charge on any atom is -0.506 e. The van der Waals surface area contributed by atoms with E-state index in [0.717, 1.165) is 0 Å². The summed E-state index contributed by atoms with van der Waals surface area (Å²) in [6, 6.07) is 4.74. The van der Waals surface area contributed by atoms with E-state index in [9.17, 15) is 5.11 Å². The van der Waals surface area contributed by atoms with Gasteiger partial charge >= 0.3 is 0 Å². The van der Waals surface area contributed by atoms with Gasteiger partial charge in [0.2, 0.25) is 0 Å².